The molecule has 1 N–H and O–H groups in total. The predicted molar refractivity (Wildman–Crippen MR) is 122 cm³/mol. The minimum atomic E-state index is -0.0347. The first-order valence-electron chi connectivity index (χ1n) is 11.0. The average molecular weight is 456 g/mol. The summed E-state index contributed by atoms with van der Waals surface area (Å²) in [6.07, 6.45) is 3.91. The van der Waals surface area contributed by atoms with Gasteiger partial charge in [0.2, 0.25) is 0 Å². The van der Waals surface area contributed by atoms with Crippen LogP contribution in [-0.4, -0.2) is 76.6 Å². The maximum Gasteiger partial charge on any atom is 0.273 e. The zero-order valence-corrected chi connectivity index (χ0v) is 19.4. The van der Waals surface area contributed by atoms with Crippen LogP contribution in [0.5, 0.6) is 0 Å². The fourth-order valence-corrected chi connectivity index (χ4v) is 5.04. The summed E-state index contributed by atoms with van der Waals surface area (Å²) in [5, 5.41) is 14.6. The second-order valence-electron chi connectivity index (χ2n) is 8.32. The third-order valence-corrected chi connectivity index (χ3v) is 6.94. The number of likely N-dealkylation sites (tertiary alicyclic amines) is 2. The SMILES string of the molecule is COC1CCN(C(=O)c2csc(Nc3cc(C4CCN(CC#N)CC4)nc(C)n3)n2)CC1. The number of carbonyl (C=O) groups excluding carboxylic acids is 1. The van der Waals surface area contributed by atoms with E-state index in [0.29, 0.717) is 48.0 Å². The summed E-state index contributed by atoms with van der Waals surface area (Å²) in [5.74, 6) is 1.72. The largest absolute Gasteiger partial charge is 0.381 e. The molecular formula is C22H29N7O2S. The molecule has 10 heteroatoms. The minimum absolute atomic E-state index is 0.0347. The van der Waals surface area contributed by atoms with Gasteiger partial charge in [0.05, 0.1) is 18.7 Å². The first-order chi connectivity index (χ1) is 15.6. The van der Waals surface area contributed by atoms with E-state index in [-0.39, 0.29) is 12.0 Å². The van der Waals surface area contributed by atoms with Gasteiger partial charge in [-0.3, -0.25) is 9.69 Å². The van der Waals surface area contributed by atoms with Crippen molar-refractivity contribution in [3.05, 3.63) is 28.7 Å². The Morgan fingerprint density at radius 3 is 2.66 bits per heavy atom. The van der Waals surface area contributed by atoms with Gasteiger partial charge in [-0.25, -0.2) is 15.0 Å². The Morgan fingerprint density at radius 1 is 1.22 bits per heavy atom. The third kappa shape index (κ3) is 5.41. The summed E-state index contributed by atoms with van der Waals surface area (Å²) >= 11 is 1.40. The zero-order chi connectivity index (χ0) is 22.5. The molecule has 0 aromatic carbocycles. The molecule has 2 fully saturated rings. The Hall–Kier alpha value is -2.61. The summed E-state index contributed by atoms with van der Waals surface area (Å²) in [4.78, 5) is 30.5. The van der Waals surface area contributed by atoms with Gasteiger partial charge in [0.1, 0.15) is 17.3 Å². The van der Waals surface area contributed by atoms with E-state index < -0.39 is 0 Å². The van der Waals surface area contributed by atoms with E-state index in [1.807, 2.05) is 17.9 Å². The maximum atomic E-state index is 12.8. The first-order valence-corrected chi connectivity index (χ1v) is 11.9. The number of nitrogens with one attached hydrogen (secondary N) is 1. The van der Waals surface area contributed by atoms with E-state index in [4.69, 9.17) is 10.00 Å². The van der Waals surface area contributed by atoms with Gasteiger partial charge in [-0.1, -0.05) is 0 Å². The quantitative estimate of drug-likeness (QED) is 0.663. The standard InChI is InChI=1S/C22H29N7O2S/c1-15-24-18(16-3-8-28(9-4-16)12-7-23)13-20(25-15)27-22-26-19(14-32-22)21(30)29-10-5-17(31-2)6-11-29/h13-14,16-17H,3-6,8-12H2,1-2H3,(H,24,25,26,27). The number of amides is 1. The van der Waals surface area contributed by atoms with E-state index in [0.717, 1.165) is 44.5 Å². The molecule has 0 saturated carbocycles. The van der Waals surface area contributed by atoms with Crippen LogP contribution in [0.25, 0.3) is 0 Å². The average Bonchev–Trinajstić information content (AvgIpc) is 3.27. The van der Waals surface area contributed by atoms with Gasteiger partial charge < -0.3 is 15.0 Å². The molecule has 0 aliphatic carbocycles. The number of hydrogen-bond acceptors (Lipinski definition) is 9. The highest BCUT2D eigenvalue weighted by atomic mass is 32.1. The second-order valence-corrected chi connectivity index (χ2v) is 9.18. The van der Waals surface area contributed by atoms with Crippen LogP contribution in [-0.2, 0) is 4.74 Å². The van der Waals surface area contributed by atoms with Crippen LogP contribution in [0.1, 0.15) is 53.6 Å². The minimum Gasteiger partial charge on any atom is -0.381 e. The van der Waals surface area contributed by atoms with E-state index in [1.165, 1.54) is 11.3 Å². The summed E-state index contributed by atoms with van der Waals surface area (Å²) in [5.41, 5.74) is 1.48. The second kappa shape index (κ2) is 10.3. The number of methoxy groups -OCH3 is 1. The summed E-state index contributed by atoms with van der Waals surface area (Å²) < 4.78 is 5.39. The highest BCUT2D eigenvalue weighted by Crippen LogP contribution is 2.29. The monoisotopic (exact) mass is 455 g/mol. The molecule has 1 amide bonds. The van der Waals surface area contributed by atoms with E-state index in [1.54, 1.807) is 12.5 Å². The molecule has 2 aliphatic heterocycles. The molecule has 170 valence electrons. The highest BCUT2D eigenvalue weighted by Gasteiger charge is 2.25. The first kappa shape index (κ1) is 22.6. The van der Waals surface area contributed by atoms with E-state index in [2.05, 4.69) is 31.2 Å². The van der Waals surface area contributed by atoms with Crippen molar-refractivity contribution in [1.82, 2.24) is 24.8 Å². The molecule has 9 nitrogen and oxygen atoms in total. The number of nitrogens with zero attached hydrogens (tertiary/aromatic N) is 6. The molecule has 2 aliphatic rings. The number of aromatic nitrogens is 3. The molecule has 0 bridgehead atoms. The molecule has 4 rings (SSSR count). The molecule has 0 atom stereocenters. The smallest absolute Gasteiger partial charge is 0.273 e. The van der Waals surface area contributed by atoms with Crippen LogP contribution >= 0.6 is 11.3 Å². The zero-order valence-electron chi connectivity index (χ0n) is 18.6. The van der Waals surface area contributed by atoms with Crippen molar-refractivity contribution in [3.8, 4) is 6.07 Å². The molecule has 4 heterocycles. The van der Waals surface area contributed by atoms with Crippen molar-refractivity contribution < 1.29 is 9.53 Å². The molecule has 0 unspecified atom stereocenters. The summed E-state index contributed by atoms with van der Waals surface area (Å²) in [7, 11) is 1.72. The number of piperidine rings is 2. The Bertz CT molecular complexity index is 973. The van der Waals surface area contributed by atoms with Gasteiger partial charge in [-0.2, -0.15) is 5.26 Å². The molecule has 2 aromatic heterocycles. The molecular weight excluding hydrogens is 426 g/mol. The Kier molecular flexibility index (Phi) is 7.29. The third-order valence-electron chi connectivity index (χ3n) is 6.18. The normalized spacial score (nSPS) is 18.5. The summed E-state index contributed by atoms with van der Waals surface area (Å²) in [6, 6.07) is 4.21. The van der Waals surface area contributed by atoms with Gasteiger partial charge in [0.25, 0.3) is 5.91 Å². The topological polar surface area (TPSA) is 107 Å². The fraction of sp³-hybridized carbons (Fsp3) is 0.591. The van der Waals surface area contributed by atoms with Crippen molar-refractivity contribution >= 4 is 28.2 Å². The van der Waals surface area contributed by atoms with Gasteiger partial charge in [0.15, 0.2) is 5.13 Å². The van der Waals surface area contributed by atoms with E-state index in [9.17, 15) is 4.79 Å². The van der Waals surface area contributed by atoms with Crippen LogP contribution in [0.3, 0.4) is 0 Å². The molecule has 2 aromatic rings. The number of nitriles is 1. The number of ether oxygens (including phenoxy) is 1. The number of carbonyl (C=O) groups is 1. The van der Waals surface area contributed by atoms with Crippen molar-refractivity contribution in [3.63, 3.8) is 0 Å². The Morgan fingerprint density at radius 2 is 1.97 bits per heavy atom. The Balaban J connectivity index is 1.39. The lowest BCUT2D eigenvalue weighted by Crippen LogP contribution is -2.40. The van der Waals surface area contributed by atoms with Gasteiger partial charge in [-0.05, 0) is 45.7 Å². The van der Waals surface area contributed by atoms with Crippen LogP contribution in [0.4, 0.5) is 10.9 Å². The summed E-state index contributed by atoms with van der Waals surface area (Å²) in [6.45, 7) is 5.57. The number of rotatable bonds is 6. The predicted octanol–water partition coefficient (Wildman–Crippen LogP) is 2.94. The molecule has 0 spiro atoms. The highest BCUT2D eigenvalue weighted by molar-refractivity contribution is 7.14. The van der Waals surface area contributed by atoms with Crippen LogP contribution < -0.4 is 5.32 Å². The number of thiazole rings is 1. The number of aryl methyl sites for hydroxylation is 1. The van der Waals surface area contributed by atoms with Crippen molar-refractivity contribution in [2.45, 2.75) is 44.6 Å². The van der Waals surface area contributed by atoms with Crippen molar-refractivity contribution in [1.29, 1.82) is 5.26 Å². The lowest BCUT2D eigenvalue weighted by atomic mass is 9.93. The van der Waals surface area contributed by atoms with E-state index >= 15 is 0 Å². The van der Waals surface area contributed by atoms with Crippen molar-refractivity contribution in [2.24, 2.45) is 0 Å². The number of hydrogen-bond donors (Lipinski definition) is 1. The van der Waals surface area contributed by atoms with Crippen LogP contribution in [0.2, 0.25) is 0 Å². The van der Waals surface area contributed by atoms with Crippen LogP contribution in [0, 0.1) is 18.3 Å². The molecule has 0 radical (unpaired) electrons. The molecule has 32 heavy (non-hydrogen) atoms. The van der Waals surface area contributed by atoms with Crippen molar-refractivity contribution in [2.75, 3.05) is 45.2 Å². The van der Waals surface area contributed by atoms with Gasteiger partial charge in [0, 0.05) is 43.3 Å². The van der Waals surface area contributed by atoms with Gasteiger partial charge in [-0.15, -0.1) is 11.3 Å². The Labute approximate surface area is 192 Å². The van der Waals surface area contributed by atoms with Crippen LogP contribution in [0.15, 0.2) is 11.4 Å². The lowest BCUT2D eigenvalue weighted by Gasteiger charge is -2.30. The number of anilines is 2. The fourth-order valence-electron chi connectivity index (χ4n) is 4.35. The maximum absolute atomic E-state index is 12.8. The lowest BCUT2D eigenvalue weighted by molar-refractivity contribution is 0.0348. The molecule has 2 saturated heterocycles. The van der Waals surface area contributed by atoms with Gasteiger partial charge >= 0.3 is 0 Å².